The number of rotatable bonds is 11. The van der Waals surface area contributed by atoms with Gasteiger partial charge in [0.2, 0.25) is 0 Å². The Labute approximate surface area is 507 Å². The first kappa shape index (κ1) is 64.2. The van der Waals surface area contributed by atoms with Gasteiger partial charge in [0.05, 0.1) is 0 Å². The molecule has 0 radical (unpaired) electrons. The molecular formula is C52H68ClI5N15V. The standard InChI is InChI=1S/C16H18N6.C16H20N4.C13H18.C4H2ClN5.2CH3I.CH4.3HI.V/c1-2-6-13(7-3-1)12-21(14-8-4-5-9-14)16-11-10-15-17-19-20-22(15)18-16;17-15-10-11-16(19-18-15)20(14-8-4-5-9-14)12-13-6-2-1-3-7-13;1-2-6-12(7-3-1)10-11-13-8-4-5-9-13;5-3-1-2-4-6-8-9-10(4)7-3;2*1-2;;;;;/h1-3,6-7,10-11,14H,4-5,8-9,12H2;1-3,6-7,10-11,14H,4-5,8-9,12H2,(H2,17,18);1-3,6-7,13H,4-5,8-11H2;1-2H;2*1H3;1H4;3*1H;/q;;;;;;;;;;+3/p-3. The molecule has 15 nitrogen and oxygen atoms in total. The van der Waals surface area contributed by atoms with Gasteiger partial charge in [-0.05, 0) is 128 Å². The van der Waals surface area contributed by atoms with Crippen LogP contribution in [0, 0.1) is 5.92 Å². The van der Waals surface area contributed by atoms with Crippen LogP contribution in [0.15, 0.2) is 127 Å². The number of fused-ring (bicyclic) bond motifs is 2. The molecule has 0 saturated heterocycles. The number of nitrogens with two attached hydrogens (primary N) is 1. The third kappa shape index (κ3) is 22.9. The minimum absolute atomic E-state index is 0. The second kappa shape index (κ2) is 37.4. The van der Waals surface area contributed by atoms with E-state index in [1.165, 1.54) is 116 Å². The summed E-state index contributed by atoms with van der Waals surface area (Å²) < 4.78 is 2.77. The van der Waals surface area contributed by atoms with Crippen LogP contribution in [-0.4, -0.2) is 82.7 Å². The molecule has 11 rings (SSSR count). The Morgan fingerprint density at radius 1 is 0.527 bits per heavy atom. The number of halogens is 6. The van der Waals surface area contributed by atoms with E-state index in [0.29, 0.717) is 34.3 Å². The SMILES string of the molecule is C.CI.CI.Clc1ccc2nnnn2n1.Nc1ccc(N(Cc2ccccc2)C2CCCC2)nn1.[I][V]([I])[I].c1ccc(CCC2CCCC2)cc1.c1ccc(CN(c2ccc3nnnn3n2)C2CCCC2)cc1. The molecule has 3 aliphatic rings. The van der Waals surface area contributed by atoms with Gasteiger partial charge in [0.25, 0.3) is 0 Å². The number of benzene rings is 3. The molecule has 0 unspecified atom stereocenters. The third-order valence-corrected chi connectivity index (χ3v) is 12.6. The number of tetrazole rings is 2. The van der Waals surface area contributed by atoms with Crippen LogP contribution in [0.3, 0.4) is 0 Å². The molecule has 5 aromatic heterocycles. The Kier molecular flexibility index (Phi) is 32.5. The van der Waals surface area contributed by atoms with E-state index >= 15 is 0 Å². The molecule has 0 spiro atoms. The third-order valence-electron chi connectivity index (χ3n) is 12.4. The molecule has 74 heavy (non-hydrogen) atoms. The molecule has 0 bridgehead atoms. The minimum atomic E-state index is -0.278. The second-order valence-electron chi connectivity index (χ2n) is 17.2. The van der Waals surface area contributed by atoms with Gasteiger partial charge in [-0.3, -0.25) is 0 Å². The van der Waals surface area contributed by atoms with Crippen LogP contribution in [0.4, 0.5) is 17.5 Å². The van der Waals surface area contributed by atoms with Crippen molar-refractivity contribution < 1.29 is 4.92 Å². The number of nitrogens with zero attached hydrogens (tertiary/aromatic N) is 14. The van der Waals surface area contributed by atoms with Crippen molar-refractivity contribution in [3.63, 3.8) is 0 Å². The average Bonchev–Trinajstić information content (AvgIpc) is 4.31. The van der Waals surface area contributed by atoms with Gasteiger partial charge in [0, 0.05) is 25.2 Å². The second-order valence-corrected chi connectivity index (χ2v) is 52.9. The van der Waals surface area contributed by atoms with Crippen molar-refractivity contribution in [3.8, 4) is 0 Å². The van der Waals surface area contributed by atoms with Crippen molar-refractivity contribution in [2.45, 2.75) is 122 Å². The van der Waals surface area contributed by atoms with Gasteiger partial charge >= 0.3 is 64.9 Å². The topological polar surface area (TPSA) is 170 Å². The summed E-state index contributed by atoms with van der Waals surface area (Å²) in [5.74, 6) is 3.37. The molecular weight excluding hydrogens is 1560 g/mol. The van der Waals surface area contributed by atoms with E-state index in [9.17, 15) is 0 Å². The number of hydrogen-bond acceptors (Lipinski definition) is 13. The maximum Gasteiger partial charge on any atom is 0.200 e. The molecule has 2 N–H and O–H groups in total. The zero-order chi connectivity index (χ0) is 52.0. The van der Waals surface area contributed by atoms with Crippen LogP contribution in [0.5, 0.6) is 0 Å². The Morgan fingerprint density at radius 3 is 1.42 bits per heavy atom. The fourth-order valence-electron chi connectivity index (χ4n) is 9.01. The zero-order valence-corrected chi connectivity index (χ0v) is 54.2. The number of aromatic nitrogens is 12. The van der Waals surface area contributed by atoms with Crippen LogP contribution in [0.25, 0.3) is 11.3 Å². The molecule has 398 valence electrons. The van der Waals surface area contributed by atoms with Crippen molar-refractivity contribution in [1.29, 1.82) is 0 Å². The van der Waals surface area contributed by atoms with Gasteiger partial charge in [-0.2, -0.15) is 0 Å². The predicted molar refractivity (Wildman–Crippen MR) is 344 cm³/mol. The van der Waals surface area contributed by atoms with Gasteiger partial charge in [0.15, 0.2) is 28.1 Å². The minimum Gasteiger partial charge on any atom is -0.348 e. The van der Waals surface area contributed by atoms with Crippen LogP contribution in [-0.2, 0) is 24.4 Å². The summed E-state index contributed by atoms with van der Waals surface area (Å²) in [5, 5.41) is 39.1. The normalized spacial score (nSPS) is 14.0. The number of nitrogen functional groups attached to an aromatic ring is 1. The average molecular weight is 1620 g/mol. The Hall–Kier alpha value is -2.38. The first-order valence-electron chi connectivity index (χ1n) is 24.3. The van der Waals surface area contributed by atoms with E-state index in [4.69, 9.17) is 17.3 Å². The smallest absolute Gasteiger partial charge is 0.200 e. The van der Waals surface area contributed by atoms with Gasteiger partial charge in [0.1, 0.15) is 5.82 Å². The predicted octanol–water partition coefficient (Wildman–Crippen LogP) is 14.9. The quantitative estimate of drug-likeness (QED) is 0.0959. The number of aryl methyl sites for hydroxylation is 1. The van der Waals surface area contributed by atoms with E-state index < -0.39 is 0 Å². The van der Waals surface area contributed by atoms with E-state index in [1.807, 2.05) is 40.2 Å². The summed E-state index contributed by atoms with van der Waals surface area (Å²) in [4.78, 5) is 8.42. The molecule has 0 amide bonds. The Morgan fingerprint density at radius 2 is 0.946 bits per heavy atom. The zero-order valence-electron chi connectivity index (χ0n) is 41.2. The number of anilines is 3. The fourth-order valence-corrected chi connectivity index (χ4v) is 9.15. The Balaban J connectivity index is 0.000000209. The summed E-state index contributed by atoms with van der Waals surface area (Å²) in [6.45, 7) is 1.75. The maximum absolute atomic E-state index is 5.64. The van der Waals surface area contributed by atoms with E-state index in [1.54, 1.807) is 12.1 Å². The van der Waals surface area contributed by atoms with Gasteiger partial charge < -0.3 is 15.5 Å². The molecule has 0 aliphatic heterocycles. The maximum atomic E-state index is 5.64. The number of hydrogen-bond donors (Lipinski definition) is 1. The van der Waals surface area contributed by atoms with Crippen molar-refractivity contribution in [1.82, 2.24) is 60.7 Å². The summed E-state index contributed by atoms with van der Waals surface area (Å²) in [7, 11) is 0. The summed E-state index contributed by atoms with van der Waals surface area (Å²) in [5.41, 5.74) is 11.0. The van der Waals surface area contributed by atoms with Crippen molar-refractivity contribution >= 4 is 145 Å². The van der Waals surface area contributed by atoms with E-state index in [0.717, 1.165) is 30.6 Å². The van der Waals surface area contributed by atoms with E-state index in [2.05, 4.69) is 251 Å². The summed E-state index contributed by atoms with van der Waals surface area (Å²) in [6.07, 6.45) is 18.7. The molecule has 5 heterocycles. The van der Waals surface area contributed by atoms with Crippen molar-refractivity contribution in [2.75, 3.05) is 25.4 Å². The van der Waals surface area contributed by atoms with Crippen LogP contribution in [0.1, 0.15) is 108 Å². The molecule has 3 aliphatic carbocycles. The first-order chi connectivity index (χ1) is 35.8. The molecule has 3 fully saturated rings. The van der Waals surface area contributed by atoms with Crippen molar-refractivity contribution in [3.05, 3.63) is 149 Å². The van der Waals surface area contributed by atoms with Crippen molar-refractivity contribution in [2.24, 2.45) is 5.92 Å². The molecule has 22 heteroatoms. The largest absolute Gasteiger partial charge is 0.348 e. The Bertz CT molecular complexity index is 2660. The van der Waals surface area contributed by atoms with Crippen LogP contribution < -0.4 is 15.5 Å². The van der Waals surface area contributed by atoms with E-state index in [-0.39, 0.29) is 12.3 Å². The first-order valence-corrected chi connectivity index (χ1v) is 42.5. The molecule has 0 atom stereocenters. The molecule has 3 saturated carbocycles. The van der Waals surface area contributed by atoms with Gasteiger partial charge in [-0.1, -0.05) is 207 Å². The molecule has 3 aromatic carbocycles. The van der Waals surface area contributed by atoms with Crippen LogP contribution in [0.2, 0.25) is 5.15 Å². The monoisotopic (exact) mass is 1620 g/mol. The fraction of sp³-hybridized carbons (Fsp3) is 0.423. The summed E-state index contributed by atoms with van der Waals surface area (Å²) in [6, 6.07) is 44.1. The number of alkyl halides is 2. The van der Waals surface area contributed by atoms with Gasteiger partial charge in [-0.15, -0.1) is 39.9 Å². The summed E-state index contributed by atoms with van der Waals surface area (Å²) >= 11 is 17.2. The molecule has 8 aromatic rings. The van der Waals surface area contributed by atoms with Gasteiger partial charge in [-0.25, -0.2) is 0 Å². The van der Waals surface area contributed by atoms with Crippen LogP contribution >= 0.6 is 117 Å².